The molecule has 1 rings (SSSR count). The van der Waals surface area contributed by atoms with Crippen molar-refractivity contribution in [3.8, 4) is 0 Å². The summed E-state index contributed by atoms with van der Waals surface area (Å²) in [6, 6.07) is 0. The number of nitrogens with zero attached hydrogens (tertiary/aromatic N) is 1. The lowest BCUT2D eigenvalue weighted by Crippen LogP contribution is -2.29. The van der Waals surface area contributed by atoms with Gasteiger partial charge in [0.25, 0.3) is 0 Å². The van der Waals surface area contributed by atoms with Gasteiger partial charge in [-0.25, -0.2) is 0 Å². The Morgan fingerprint density at radius 2 is 1.54 bits per heavy atom. The highest BCUT2D eigenvalue weighted by molar-refractivity contribution is 7.51. The van der Waals surface area contributed by atoms with Crippen LogP contribution in [0.1, 0.15) is 12.8 Å². The zero-order valence-electron chi connectivity index (χ0n) is 7.43. The van der Waals surface area contributed by atoms with Crippen LogP contribution in [0.15, 0.2) is 0 Å². The van der Waals surface area contributed by atoms with Crippen molar-refractivity contribution in [2.45, 2.75) is 12.8 Å². The molecule has 0 radical (unpaired) electrons. The van der Waals surface area contributed by atoms with Gasteiger partial charge in [0.2, 0.25) is 11.8 Å². The maximum absolute atomic E-state index is 11.7. The van der Waals surface area contributed by atoms with Crippen LogP contribution in [0.25, 0.3) is 0 Å². The summed E-state index contributed by atoms with van der Waals surface area (Å²) in [7, 11) is -0.888. The Kier molecular flexibility index (Phi) is 2.85. The van der Waals surface area contributed by atoms with Crippen LogP contribution in [0.4, 0.5) is 0 Å². The molecule has 0 bridgehead atoms. The summed E-state index contributed by atoms with van der Waals surface area (Å²) in [5.41, 5.74) is 0. The first-order valence-corrected chi connectivity index (χ1v) is 5.30. The van der Waals surface area contributed by atoms with Gasteiger partial charge in [0.05, 0.1) is 0 Å². The van der Waals surface area contributed by atoms with Gasteiger partial charge in [-0.1, -0.05) is 4.67 Å². The third-order valence-corrected chi connectivity index (χ3v) is 3.82. The molecule has 0 aliphatic carbocycles. The monoisotopic (exact) mass is 209 g/mol. The van der Waals surface area contributed by atoms with Crippen molar-refractivity contribution in [3.63, 3.8) is 0 Å². The molecule has 0 unspecified atom stereocenters. The average molecular weight is 209 g/mol. The third kappa shape index (κ3) is 1.65. The minimum atomic E-state index is -3.46. The Bertz CT molecular complexity index is 265. The summed E-state index contributed by atoms with van der Waals surface area (Å²) in [6.07, 6.45) is 0.210. The van der Waals surface area contributed by atoms with Crippen LogP contribution in [0.5, 0.6) is 0 Å². The van der Waals surface area contributed by atoms with Gasteiger partial charge >= 0.3 is 7.75 Å². The highest BCUT2D eigenvalue weighted by Gasteiger charge is 2.55. The lowest BCUT2D eigenvalue weighted by molar-refractivity contribution is -0.135. The van der Waals surface area contributed by atoms with E-state index in [4.69, 9.17) is 0 Å². The van der Waals surface area contributed by atoms with E-state index in [9.17, 15) is 14.2 Å². The fraction of sp³-hybridized carbons (Fsp3) is 0.667. The topological polar surface area (TPSA) is 80.1 Å². The lowest BCUT2D eigenvalue weighted by Gasteiger charge is -2.11. The molecule has 74 valence electrons. The SMILES string of the molecule is C[OH+]P(=O)([OH+]C)N1C(=O)CCC1=O. The molecule has 1 saturated heterocycles. The van der Waals surface area contributed by atoms with E-state index in [1.165, 1.54) is 14.2 Å². The highest BCUT2D eigenvalue weighted by atomic mass is 31.2. The molecule has 0 aromatic carbocycles. The molecule has 1 fully saturated rings. The molecule has 1 aliphatic heterocycles. The molecule has 0 aromatic heterocycles. The fourth-order valence-electron chi connectivity index (χ4n) is 1.12. The number of aliphatic hydroxyl groups is 2. The summed E-state index contributed by atoms with van der Waals surface area (Å²) in [5, 5.41) is 0. The first-order chi connectivity index (χ1) is 6.05. The summed E-state index contributed by atoms with van der Waals surface area (Å²) in [6.45, 7) is 0. The second-order valence-corrected chi connectivity index (χ2v) is 4.74. The van der Waals surface area contributed by atoms with Crippen molar-refractivity contribution in [2.24, 2.45) is 0 Å². The van der Waals surface area contributed by atoms with Gasteiger partial charge in [0.1, 0.15) is 14.2 Å². The molecule has 1 heterocycles. The number of carbonyl (C=O) groups is 2. The van der Waals surface area contributed by atoms with Crippen LogP contribution >= 0.6 is 7.75 Å². The number of rotatable bonds is 3. The van der Waals surface area contributed by atoms with E-state index < -0.39 is 19.6 Å². The van der Waals surface area contributed by atoms with Crippen molar-refractivity contribution >= 4 is 19.6 Å². The summed E-state index contributed by atoms with van der Waals surface area (Å²) in [5.74, 6) is -0.908. The molecule has 0 spiro atoms. The van der Waals surface area contributed by atoms with Crippen molar-refractivity contribution < 1.29 is 23.2 Å². The minimum absolute atomic E-state index is 0.105. The van der Waals surface area contributed by atoms with Crippen LogP contribution in [0, 0.1) is 0 Å². The second-order valence-electron chi connectivity index (χ2n) is 2.51. The number of imide groups is 1. The molecule has 7 heteroatoms. The van der Waals surface area contributed by atoms with Gasteiger partial charge in [0.15, 0.2) is 0 Å². The molecule has 6 nitrogen and oxygen atoms in total. The molecule has 2 amide bonds. The van der Waals surface area contributed by atoms with Gasteiger partial charge in [-0.05, 0) is 0 Å². The third-order valence-electron chi connectivity index (χ3n) is 1.81. The van der Waals surface area contributed by atoms with Crippen LogP contribution in [-0.2, 0) is 14.2 Å². The normalized spacial score (nSPS) is 18.5. The maximum atomic E-state index is 11.7. The highest BCUT2D eigenvalue weighted by Crippen LogP contribution is 2.48. The summed E-state index contributed by atoms with van der Waals surface area (Å²) >= 11 is 0. The second kappa shape index (κ2) is 3.57. The lowest BCUT2D eigenvalue weighted by atomic mass is 10.4. The Labute approximate surface area is 75.4 Å². The zero-order valence-corrected chi connectivity index (χ0v) is 8.32. The van der Waals surface area contributed by atoms with E-state index in [0.717, 1.165) is 0 Å². The molecule has 0 aromatic rings. The van der Waals surface area contributed by atoms with E-state index in [1.54, 1.807) is 0 Å². The van der Waals surface area contributed by atoms with E-state index in [2.05, 4.69) is 9.05 Å². The zero-order chi connectivity index (χ0) is 10.1. The first-order valence-electron chi connectivity index (χ1n) is 3.74. The molecule has 2 N–H and O–H groups in total. The van der Waals surface area contributed by atoms with Gasteiger partial charge in [-0.3, -0.25) is 9.59 Å². The van der Waals surface area contributed by atoms with Crippen molar-refractivity contribution in [1.29, 1.82) is 0 Å². The number of amides is 2. The average Bonchev–Trinajstić information content (AvgIpc) is 2.46. The van der Waals surface area contributed by atoms with Gasteiger partial charge in [-0.15, -0.1) is 4.57 Å². The van der Waals surface area contributed by atoms with Crippen LogP contribution < -0.4 is 0 Å². The van der Waals surface area contributed by atoms with E-state index in [-0.39, 0.29) is 12.8 Å². The Balaban J connectivity index is 2.97. The van der Waals surface area contributed by atoms with Crippen molar-refractivity contribution in [2.75, 3.05) is 14.2 Å². The number of hydrogen-bond donors (Lipinski definition) is 0. The molecule has 1 aliphatic rings. The number of hydrogen-bond acceptors (Lipinski definition) is 3. The molecule has 0 atom stereocenters. The van der Waals surface area contributed by atoms with Crippen LogP contribution in [0.3, 0.4) is 0 Å². The molecular formula is C6H12NO5P+2. The van der Waals surface area contributed by atoms with Gasteiger partial charge in [-0.2, -0.15) is 0 Å². The largest absolute Gasteiger partial charge is 0.749 e. The van der Waals surface area contributed by atoms with Crippen LogP contribution in [-0.4, -0.2) is 39.8 Å². The minimum Gasteiger partial charge on any atom is -0.323 e. The van der Waals surface area contributed by atoms with E-state index >= 15 is 0 Å². The Morgan fingerprint density at radius 1 is 1.15 bits per heavy atom. The van der Waals surface area contributed by atoms with Crippen molar-refractivity contribution in [1.82, 2.24) is 4.67 Å². The molecule has 13 heavy (non-hydrogen) atoms. The van der Waals surface area contributed by atoms with E-state index in [1.807, 2.05) is 0 Å². The quantitative estimate of drug-likeness (QED) is 0.359. The fourth-order valence-corrected chi connectivity index (χ4v) is 2.44. The van der Waals surface area contributed by atoms with Gasteiger partial charge in [0, 0.05) is 12.8 Å². The summed E-state index contributed by atoms with van der Waals surface area (Å²) in [4.78, 5) is 22.3. The molecule has 0 saturated carbocycles. The van der Waals surface area contributed by atoms with Crippen molar-refractivity contribution in [3.05, 3.63) is 0 Å². The predicted octanol–water partition coefficient (Wildman–Crippen LogP) is -0.441. The Morgan fingerprint density at radius 3 is 1.85 bits per heavy atom. The van der Waals surface area contributed by atoms with E-state index in [0.29, 0.717) is 4.67 Å². The first kappa shape index (κ1) is 10.4. The maximum Gasteiger partial charge on any atom is 0.749 e. The standard InChI is InChI=1S/C6H10NO5P/c1-11-13(10,12-2)7-5(8)3-4-6(7)9/h3-4H2,1-2H3/p+2. The Hall–Kier alpha value is -0.710. The summed E-state index contributed by atoms with van der Waals surface area (Å²) < 4.78 is 19.4. The van der Waals surface area contributed by atoms with Gasteiger partial charge < -0.3 is 9.05 Å². The number of carbonyl (C=O) groups excluding carboxylic acids is 2. The molecular weight excluding hydrogens is 197 g/mol. The predicted molar refractivity (Wildman–Crippen MR) is 45.0 cm³/mol. The van der Waals surface area contributed by atoms with Crippen LogP contribution in [0.2, 0.25) is 0 Å². The smallest absolute Gasteiger partial charge is 0.323 e.